The number of rotatable bonds is 13. The first-order valence-corrected chi connectivity index (χ1v) is 12.1. The van der Waals surface area contributed by atoms with Gasteiger partial charge in [0.15, 0.2) is 17.5 Å². The van der Waals surface area contributed by atoms with Gasteiger partial charge in [-0.2, -0.15) is 0 Å². The van der Waals surface area contributed by atoms with Crippen molar-refractivity contribution < 1.29 is 24.0 Å². The molecule has 0 aliphatic heterocycles. The number of amides is 5. The van der Waals surface area contributed by atoms with Crippen LogP contribution in [0.3, 0.4) is 0 Å². The number of hydrogen-bond acceptors (Lipinski definition) is 9. The number of nitrogens with one attached hydrogen (secondary N) is 5. The second kappa shape index (κ2) is 13.1. The summed E-state index contributed by atoms with van der Waals surface area (Å²) in [5.41, 5.74) is 0. The highest BCUT2D eigenvalue weighted by Crippen LogP contribution is 2.12. The molecule has 17 nitrogen and oxygen atoms in total. The van der Waals surface area contributed by atoms with Gasteiger partial charge in [0.1, 0.15) is 0 Å². The molecule has 17 heteroatoms. The predicted octanol–water partition coefficient (Wildman–Crippen LogP) is -1.24. The minimum atomic E-state index is -0.591. The molecule has 0 aliphatic rings. The zero-order chi connectivity index (χ0) is 29.4. The Balaban J connectivity index is 1.51. The van der Waals surface area contributed by atoms with Gasteiger partial charge < -0.3 is 45.2 Å². The zero-order valence-electron chi connectivity index (χ0n) is 22.8. The van der Waals surface area contributed by atoms with Crippen LogP contribution in [0.25, 0.3) is 0 Å². The summed E-state index contributed by atoms with van der Waals surface area (Å²) >= 11 is 0. The fraction of sp³-hybridized carbons (Fsp3) is 0.391. The molecule has 5 N–H and O–H groups in total. The van der Waals surface area contributed by atoms with Crippen molar-refractivity contribution in [3.05, 3.63) is 36.1 Å². The van der Waals surface area contributed by atoms with Crippen LogP contribution in [0.5, 0.6) is 0 Å². The van der Waals surface area contributed by atoms with E-state index in [-0.39, 0.29) is 53.8 Å². The number of carbonyl (C=O) groups is 5. The van der Waals surface area contributed by atoms with E-state index in [1.165, 1.54) is 32.3 Å². The predicted molar refractivity (Wildman–Crippen MR) is 144 cm³/mol. The van der Waals surface area contributed by atoms with Crippen LogP contribution in [0.1, 0.15) is 38.3 Å². The zero-order valence-corrected chi connectivity index (χ0v) is 22.8. The van der Waals surface area contributed by atoms with Crippen LogP contribution in [0, 0.1) is 0 Å². The first kappa shape index (κ1) is 29.5. The molecule has 0 radical (unpaired) electrons. The Kier molecular flexibility index (Phi) is 9.69. The molecule has 3 heterocycles. The molecule has 214 valence electrons. The standard InChI is InChI=1S/C23H32N12O5/c1-32(2)9-8-25-22(39)19-30-16(12-34(19)4)31-23(40)20-29-15(11-35(20)5)27-17(37)6-7-24-21(38)18-28-14(26-13-36)10-33(18)3/h10-13H,6-9H2,1-5H3,(H,24,38)(H,25,39)(H,26,36)(H,27,37)(H,31,40). The van der Waals surface area contributed by atoms with Gasteiger partial charge in [0.25, 0.3) is 17.7 Å². The molecule has 0 unspecified atom stereocenters. The second-order valence-corrected chi connectivity index (χ2v) is 9.01. The SMILES string of the molecule is CN(C)CCNC(=O)c1nc(NC(=O)c2nc(NC(=O)CCNC(=O)c3nc(NC=O)cn3C)cn2C)cn1C. The van der Waals surface area contributed by atoms with Gasteiger partial charge in [-0.3, -0.25) is 24.0 Å². The molecular formula is C23H32N12O5. The molecule has 0 saturated carbocycles. The Bertz CT molecular complexity index is 1400. The van der Waals surface area contributed by atoms with E-state index in [4.69, 9.17) is 0 Å². The van der Waals surface area contributed by atoms with Gasteiger partial charge in [-0.25, -0.2) is 15.0 Å². The Morgan fingerprint density at radius 1 is 0.750 bits per heavy atom. The van der Waals surface area contributed by atoms with Crippen molar-refractivity contribution in [1.82, 2.24) is 44.2 Å². The minimum Gasteiger partial charge on any atom is -0.349 e. The molecule has 0 bridgehead atoms. The molecule has 0 fully saturated rings. The maximum atomic E-state index is 12.8. The fourth-order valence-electron chi connectivity index (χ4n) is 3.50. The normalized spacial score (nSPS) is 10.8. The summed E-state index contributed by atoms with van der Waals surface area (Å²) in [6.45, 7) is 1.12. The number of aromatic nitrogens is 6. The summed E-state index contributed by atoms with van der Waals surface area (Å²) in [5, 5.41) is 12.9. The monoisotopic (exact) mass is 556 g/mol. The van der Waals surface area contributed by atoms with Crippen molar-refractivity contribution in [3.63, 3.8) is 0 Å². The second-order valence-electron chi connectivity index (χ2n) is 9.01. The summed E-state index contributed by atoms with van der Waals surface area (Å²) in [6, 6.07) is 0. The Morgan fingerprint density at radius 3 is 1.77 bits per heavy atom. The molecule has 5 amide bonds. The van der Waals surface area contributed by atoms with Crippen molar-refractivity contribution in [2.24, 2.45) is 21.1 Å². The maximum Gasteiger partial charge on any atom is 0.292 e. The Labute approximate surface area is 229 Å². The van der Waals surface area contributed by atoms with Crippen molar-refractivity contribution in [2.75, 3.05) is 49.7 Å². The lowest BCUT2D eigenvalue weighted by Crippen LogP contribution is -2.32. The number of carbonyl (C=O) groups excluding carboxylic acids is 5. The average Bonchev–Trinajstić information content (AvgIpc) is 3.54. The topological polar surface area (TPSA) is 202 Å². The summed E-state index contributed by atoms with van der Waals surface area (Å²) in [5.74, 6) is -1.20. The number of anilines is 3. The van der Waals surface area contributed by atoms with E-state index in [9.17, 15) is 24.0 Å². The third-order valence-corrected chi connectivity index (χ3v) is 5.44. The van der Waals surface area contributed by atoms with Gasteiger partial charge in [0.05, 0.1) is 0 Å². The lowest BCUT2D eigenvalue weighted by atomic mass is 10.4. The van der Waals surface area contributed by atoms with Crippen molar-refractivity contribution in [1.29, 1.82) is 0 Å². The van der Waals surface area contributed by atoms with Gasteiger partial charge in [-0.1, -0.05) is 0 Å². The van der Waals surface area contributed by atoms with Crippen molar-refractivity contribution in [3.8, 4) is 0 Å². The average molecular weight is 557 g/mol. The van der Waals surface area contributed by atoms with Crippen molar-refractivity contribution >= 4 is 47.5 Å². The molecule has 0 spiro atoms. The first-order valence-electron chi connectivity index (χ1n) is 12.1. The molecule has 0 saturated heterocycles. The molecule has 3 aromatic heterocycles. The van der Waals surface area contributed by atoms with Gasteiger partial charge in [0, 0.05) is 65.8 Å². The molecule has 0 aliphatic carbocycles. The molecule has 3 aromatic rings. The van der Waals surface area contributed by atoms with Crippen LogP contribution in [-0.4, -0.2) is 97.3 Å². The highest BCUT2D eigenvalue weighted by molar-refractivity contribution is 6.02. The van der Waals surface area contributed by atoms with Crippen LogP contribution in [0.4, 0.5) is 17.5 Å². The maximum absolute atomic E-state index is 12.8. The van der Waals surface area contributed by atoms with E-state index >= 15 is 0 Å². The quantitative estimate of drug-likeness (QED) is 0.160. The summed E-state index contributed by atoms with van der Waals surface area (Å²) in [4.78, 5) is 74.6. The van der Waals surface area contributed by atoms with Gasteiger partial charge >= 0.3 is 0 Å². The van der Waals surface area contributed by atoms with Gasteiger partial charge in [0.2, 0.25) is 29.8 Å². The number of aryl methyl sites for hydroxylation is 3. The van der Waals surface area contributed by atoms with E-state index in [2.05, 4.69) is 41.5 Å². The number of nitrogens with zero attached hydrogens (tertiary/aromatic N) is 7. The third kappa shape index (κ3) is 7.73. The molecule has 40 heavy (non-hydrogen) atoms. The fourth-order valence-corrected chi connectivity index (χ4v) is 3.50. The lowest BCUT2D eigenvalue weighted by Gasteiger charge is -2.09. The summed E-state index contributed by atoms with van der Waals surface area (Å²) in [7, 11) is 8.60. The van der Waals surface area contributed by atoms with Crippen LogP contribution in [-0.2, 0) is 30.7 Å². The molecule has 0 aromatic carbocycles. The smallest absolute Gasteiger partial charge is 0.292 e. The van der Waals surface area contributed by atoms with E-state index in [0.717, 1.165) is 0 Å². The largest absolute Gasteiger partial charge is 0.349 e. The Hall–Kier alpha value is -5.06. The molecule has 0 atom stereocenters. The van der Waals surface area contributed by atoms with E-state index in [1.807, 2.05) is 19.0 Å². The van der Waals surface area contributed by atoms with Crippen LogP contribution < -0.4 is 26.6 Å². The van der Waals surface area contributed by atoms with E-state index < -0.39 is 17.7 Å². The minimum absolute atomic E-state index is 0.000704. The summed E-state index contributed by atoms with van der Waals surface area (Å²) in [6.07, 6.45) is 4.82. The van der Waals surface area contributed by atoms with Gasteiger partial charge in [-0.15, -0.1) is 0 Å². The first-order chi connectivity index (χ1) is 19.0. The number of imidazole rings is 3. The van der Waals surface area contributed by atoms with Crippen LogP contribution in [0.2, 0.25) is 0 Å². The number of likely N-dealkylation sites (N-methyl/N-ethyl adjacent to an activating group) is 1. The van der Waals surface area contributed by atoms with Crippen molar-refractivity contribution in [2.45, 2.75) is 6.42 Å². The van der Waals surface area contributed by atoms with E-state index in [1.54, 1.807) is 21.1 Å². The highest BCUT2D eigenvalue weighted by atomic mass is 16.2. The highest BCUT2D eigenvalue weighted by Gasteiger charge is 2.20. The number of hydrogen-bond donors (Lipinski definition) is 5. The Morgan fingerprint density at radius 2 is 1.23 bits per heavy atom. The summed E-state index contributed by atoms with van der Waals surface area (Å²) < 4.78 is 4.36. The molecule has 3 rings (SSSR count). The van der Waals surface area contributed by atoms with E-state index in [0.29, 0.717) is 19.5 Å². The lowest BCUT2D eigenvalue weighted by molar-refractivity contribution is -0.116. The van der Waals surface area contributed by atoms with Crippen LogP contribution in [0.15, 0.2) is 18.6 Å². The van der Waals surface area contributed by atoms with Gasteiger partial charge in [-0.05, 0) is 14.1 Å². The molecular weight excluding hydrogens is 524 g/mol. The third-order valence-electron chi connectivity index (χ3n) is 5.44. The van der Waals surface area contributed by atoms with Crippen LogP contribution >= 0.6 is 0 Å².